The van der Waals surface area contributed by atoms with Crippen molar-refractivity contribution in [1.82, 2.24) is 0 Å². The summed E-state index contributed by atoms with van der Waals surface area (Å²) in [5.41, 5.74) is 0. The van der Waals surface area contributed by atoms with Gasteiger partial charge in [-0.25, -0.2) is 0 Å². The van der Waals surface area contributed by atoms with Crippen LogP contribution in [-0.4, -0.2) is 0 Å². The van der Waals surface area contributed by atoms with Crippen LogP contribution in [-0.2, 0) is 32.7 Å². The fourth-order valence-corrected chi connectivity index (χ4v) is 3.50. The predicted molar refractivity (Wildman–Crippen MR) is 105 cm³/mol. The Labute approximate surface area is 180 Å². The molecule has 3 aromatic rings. The van der Waals surface area contributed by atoms with Crippen molar-refractivity contribution in [3.8, 4) is 0 Å². The monoisotopic (exact) mass is 428 g/mol. The van der Waals surface area contributed by atoms with Gasteiger partial charge in [-0.2, -0.15) is 0 Å². The average Bonchev–Trinajstić information content (AvgIpc) is 2.60. The van der Waals surface area contributed by atoms with E-state index in [2.05, 4.69) is 72.8 Å². The standard InChI is InChI=1S/C18H14S2.C2H6.CH3.Y/c1-3-7-15(8-4-1)19-17-11-13-18(14-12-17)20-16-9-5-2-6-10-16;1-2;;/h1-14H;1-2H3;1H3;/q;;-1;. The molecule has 1 radical (unpaired) electrons. The van der Waals surface area contributed by atoms with Crippen LogP contribution in [0.3, 0.4) is 0 Å². The fourth-order valence-electron chi connectivity index (χ4n) is 1.82. The van der Waals surface area contributed by atoms with Gasteiger partial charge >= 0.3 is 0 Å². The van der Waals surface area contributed by atoms with Gasteiger partial charge in [0.25, 0.3) is 0 Å². The van der Waals surface area contributed by atoms with Crippen LogP contribution in [0.15, 0.2) is 105 Å². The van der Waals surface area contributed by atoms with Gasteiger partial charge in [-0.3, -0.25) is 0 Å². The molecule has 0 fully saturated rings. The minimum atomic E-state index is 0. The second-order valence-electron chi connectivity index (χ2n) is 4.30. The van der Waals surface area contributed by atoms with Gasteiger partial charge in [0.1, 0.15) is 0 Å². The van der Waals surface area contributed by atoms with Gasteiger partial charge < -0.3 is 7.43 Å². The van der Waals surface area contributed by atoms with Crippen LogP contribution < -0.4 is 0 Å². The molecular weight excluding hydrogens is 405 g/mol. The Morgan fingerprint density at radius 2 is 0.708 bits per heavy atom. The Balaban J connectivity index is 0.00000128. The van der Waals surface area contributed by atoms with Gasteiger partial charge in [-0.05, 0) is 48.5 Å². The zero-order valence-corrected chi connectivity index (χ0v) is 18.9. The predicted octanol–water partition coefficient (Wildman–Crippen LogP) is 7.46. The molecular formula is C21H23S2Y-. The molecule has 0 saturated heterocycles. The van der Waals surface area contributed by atoms with Crippen LogP contribution in [0.2, 0.25) is 0 Å². The van der Waals surface area contributed by atoms with Crippen molar-refractivity contribution in [3.05, 3.63) is 92.4 Å². The van der Waals surface area contributed by atoms with Crippen molar-refractivity contribution < 1.29 is 32.7 Å². The first-order chi connectivity index (χ1) is 10.9. The van der Waals surface area contributed by atoms with Crippen molar-refractivity contribution >= 4 is 23.5 Å². The average molecular weight is 428 g/mol. The smallest absolute Gasteiger partial charge is 0.0123 e. The molecule has 123 valence electrons. The Hall–Kier alpha value is -0.536. The maximum Gasteiger partial charge on any atom is 0.0123 e. The molecule has 0 N–H and O–H groups in total. The topological polar surface area (TPSA) is 0 Å². The molecule has 0 bridgehead atoms. The van der Waals surface area contributed by atoms with E-state index in [1.807, 2.05) is 26.0 Å². The van der Waals surface area contributed by atoms with E-state index in [0.717, 1.165) is 0 Å². The zero-order chi connectivity index (χ0) is 15.6. The van der Waals surface area contributed by atoms with E-state index in [4.69, 9.17) is 0 Å². The van der Waals surface area contributed by atoms with Crippen LogP contribution in [0.4, 0.5) is 0 Å². The first-order valence-electron chi connectivity index (χ1n) is 7.46. The van der Waals surface area contributed by atoms with E-state index >= 15 is 0 Å². The summed E-state index contributed by atoms with van der Waals surface area (Å²) in [6, 6.07) is 29.7. The molecule has 0 amide bonds. The third-order valence-electron chi connectivity index (χ3n) is 2.78. The molecule has 0 saturated carbocycles. The van der Waals surface area contributed by atoms with E-state index < -0.39 is 0 Å². The molecule has 0 aliphatic carbocycles. The maximum absolute atomic E-state index is 2.18. The van der Waals surface area contributed by atoms with E-state index in [1.165, 1.54) is 19.6 Å². The summed E-state index contributed by atoms with van der Waals surface area (Å²) < 4.78 is 0. The summed E-state index contributed by atoms with van der Waals surface area (Å²) in [5.74, 6) is 0. The second kappa shape index (κ2) is 13.7. The molecule has 0 aliphatic heterocycles. The van der Waals surface area contributed by atoms with Crippen molar-refractivity contribution in [3.63, 3.8) is 0 Å². The molecule has 0 aromatic heterocycles. The summed E-state index contributed by atoms with van der Waals surface area (Å²) in [6.07, 6.45) is 0. The second-order valence-corrected chi connectivity index (χ2v) is 6.60. The van der Waals surface area contributed by atoms with Crippen LogP contribution in [0, 0.1) is 7.43 Å². The molecule has 0 nitrogen and oxygen atoms in total. The summed E-state index contributed by atoms with van der Waals surface area (Å²) in [4.78, 5) is 5.09. The van der Waals surface area contributed by atoms with Crippen molar-refractivity contribution in [2.24, 2.45) is 0 Å². The molecule has 3 aromatic carbocycles. The molecule has 0 unspecified atom stereocenters. The van der Waals surface area contributed by atoms with E-state index in [-0.39, 0.29) is 40.1 Å². The van der Waals surface area contributed by atoms with Crippen molar-refractivity contribution in [1.29, 1.82) is 0 Å². The van der Waals surface area contributed by atoms with E-state index in [1.54, 1.807) is 23.5 Å². The maximum atomic E-state index is 2.18. The normalized spacial score (nSPS) is 8.92. The number of benzene rings is 3. The molecule has 3 heteroatoms. The number of rotatable bonds is 4. The van der Waals surface area contributed by atoms with Gasteiger partial charge in [-0.15, -0.1) is 0 Å². The van der Waals surface area contributed by atoms with Crippen molar-refractivity contribution in [2.75, 3.05) is 0 Å². The van der Waals surface area contributed by atoms with E-state index in [0.29, 0.717) is 0 Å². The van der Waals surface area contributed by atoms with E-state index in [9.17, 15) is 0 Å². The Morgan fingerprint density at radius 3 is 1.00 bits per heavy atom. The zero-order valence-electron chi connectivity index (χ0n) is 14.5. The first kappa shape index (κ1) is 23.5. The van der Waals surface area contributed by atoms with Crippen LogP contribution >= 0.6 is 23.5 Å². The largest absolute Gasteiger partial charge is 0.358 e. The number of hydrogen-bond acceptors (Lipinski definition) is 2. The minimum Gasteiger partial charge on any atom is -0.358 e. The summed E-state index contributed by atoms with van der Waals surface area (Å²) in [5, 5.41) is 0. The quantitative estimate of drug-likeness (QED) is 0.396. The SMILES string of the molecule is CC.[CH3-].[Y].c1ccc(Sc2ccc(Sc3ccccc3)cc2)cc1. The summed E-state index contributed by atoms with van der Waals surface area (Å²) in [6.45, 7) is 4.00. The third-order valence-corrected chi connectivity index (χ3v) is 4.81. The minimum absolute atomic E-state index is 0. The molecule has 0 spiro atoms. The molecule has 0 heterocycles. The summed E-state index contributed by atoms with van der Waals surface area (Å²) in [7, 11) is 0. The molecule has 3 rings (SSSR count). The van der Waals surface area contributed by atoms with Gasteiger partial charge in [0.15, 0.2) is 0 Å². The van der Waals surface area contributed by atoms with Crippen LogP contribution in [0.5, 0.6) is 0 Å². The Kier molecular flexibility index (Phi) is 13.4. The van der Waals surface area contributed by atoms with Gasteiger partial charge in [-0.1, -0.05) is 73.8 Å². The molecule has 0 aliphatic rings. The van der Waals surface area contributed by atoms with Crippen molar-refractivity contribution in [2.45, 2.75) is 33.4 Å². The molecule has 24 heavy (non-hydrogen) atoms. The Morgan fingerprint density at radius 1 is 0.458 bits per heavy atom. The van der Waals surface area contributed by atoms with Gasteiger partial charge in [0.05, 0.1) is 0 Å². The van der Waals surface area contributed by atoms with Gasteiger partial charge in [0.2, 0.25) is 0 Å². The van der Waals surface area contributed by atoms with Gasteiger partial charge in [0, 0.05) is 52.3 Å². The number of hydrogen-bond donors (Lipinski definition) is 0. The third kappa shape index (κ3) is 8.03. The van der Waals surface area contributed by atoms with Crippen LogP contribution in [0.25, 0.3) is 0 Å². The molecule has 0 atom stereocenters. The fraction of sp³-hybridized carbons (Fsp3) is 0.0952. The first-order valence-corrected chi connectivity index (χ1v) is 9.09. The Bertz CT molecular complexity index is 592. The summed E-state index contributed by atoms with van der Waals surface area (Å²) >= 11 is 3.59. The van der Waals surface area contributed by atoms with Crippen LogP contribution in [0.1, 0.15) is 13.8 Å².